The summed E-state index contributed by atoms with van der Waals surface area (Å²) in [6.07, 6.45) is 5.10. The Morgan fingerprint density at radius 2 is 2.00 bits per heavy atom. The van der Waals surface area contributed by atoms with Gasteiger partial charge >= 0.3 is 0 Å². The van der Waals surface area contributed by atoms with Crippen LogP contribution in [0.1, 0.15) is 43.9 Å². The van der Waals surface area contributed by atoms with E-state index in [9.17, 15) is 17.6 Å². The quantitative estimate of drug-likeness (QED) is 0.588. The van der Waals surface area contributed by atoms with E-state index in [4.69, 9.17) is 4.74 Å². The molecule has 9 heteroatoms. The Kier molecular flexibility index (Phi) is 6.43. The highest BCUT2D eigenvalue weighted by atomic mass is 32.2. The predicted octanol–water partition coefficient (Wildman–Crippen LogP) is 2.93. The van der Waals surface area contributed by atoms with Gasteiger partial charge in [0.1, 0.15) is 5.82 Å². The van der Waals surface area contributed by atoms with Gasteiger partial charge in [-0.1, -0.05) is 12.1 Å². The number of ether oxygens (including phenoxy) is 1. The Morgan fingerprint density at radius 3 is 2.61 bits per heavy atom. The first-order chi connectivity index (χ1) is 14.9. The molecule has 2 aliphatic rings. The second-order valence-corrected chi connectivity index (χ2v) is 10.2. The molecule has 1 saturated heterocycles. The molecule has 0 radical (unpaired) electrons. The van der Waals surface area contributed by atoms with Gasteiger partial charge in [-0.2, -0.15) is 0 Å². The Balaban J connectivity index is 1.62. The molecule has 2 fully saturated rings. The molecule has 2 heterocycles. The number of imidazole rings is 1. The normalized spacial score (nSPS) is 19.0. The summed E-state index contributed by atoms with van der Waals surface area (Å²) in [5, 5.41) is -0.0303. The van der Waals surface area contributed by atoms with Crippen molar-refractivity contribution in [2.45, 2.75) is 62.7 Å². The fourth-order valence-electron chi connectivity index (χ4n) is 3.95. The van der Waals surface area contributed by atoms with Gasteiger partial charge in [0.15, 0.2) is 0 Å². The van der Waals surface area contributed by atoms with Crippen LogP contribution in [-0.4, -0.2) is 48.0 Å². The van der Waals surface area contributed by atoms with Crippen molar-refractivity contribution in [2.75, 3.05) is 13.2 Å². The Hall–Kier alpha value is -2.26. The fourth-order valence-corrected chi connectivity index (χ4v) is 5.45. The summed E-state index contributed by atoms with van der Waals surface area (Å²) in [7, 11) is -3.77. The second kappa shape index (κ2) is 9.08. The first-order valence-corrected chi connectivity index (χ1v) is 12.4. The van der Waals surface area contributed by atoms with Crippen LogP contribution in [-0.2, 0) is 38.2 Å². The number of halogens is 1. The number of nitrogens with zero attached hydrogens (tertiary/aromatic N) is 3. The number of sulfone groups is 1. The van der Waals surface area contributed by atoms with E-state index in [1.54, 1.807) is 15.7 Å². The lowest BCUT2D eigenvalue weighted by Gasteiger charge is -2.23. The molecule has 1 aliphatic carbocycles. The van der Waals surface area contributed by atoms with Gasteiger partial charge in [-0.3, -0.25) is 4.79 Å². The first-order valence-electron chi connectivity index (χ1n) is 10.8. The summed E-state index contributed by atoms with van der Waals surface area (Å²) < 4.78 is 47.0. The molecule has 0 N–H and O–H groups in total. The monoisotopic (exact) mass is 449 g/mol. The summed E-state index contributed by atoms with van der Waals surface area (Å²) in [5.41, 5.74) is 1.18. The van der Waals surface area contributed by atoms with E-state index in [1.807, 2.05) is 6.92 Å². The molecule has 168 valence electrons. The molecule has 1 aliphatic heterocycles. The third kappa shape index (κ3) is 5.15. The number of carbonyl (C=O) groups is 1. The zero-order valence-electron chi connectivity index (χ0n) is 17.7. The SMILES string of the molecule is CCN(Cc1cnc(S(=O)(=O)Cc2ccc(F)cc2)n1CC1CCCO1)C(=O)C1CC1. The topological polar surface area (TPSA) is 81.5 Å². The van der Waals surface area contributed by atoms with Crippen molar-refractivity contribution in [3.63, 3.8) is 0 Å². The molecule has 1 unspecified atom stereocenters. The molecule has 0 bridgehead atoms. The first kappa shape index (κ1) is 22.0. The molecular weight excluding hydrogens is 421 g/mol. The van der Waals surface area contributed by atoms with Crippen LogP contribution in [0.2, 0.25) is 0 Å². The molecule has 1 atom stereocenters. The zero-order chi connectivity index (χ0) is 22.0. The van der Waals surface area contributed by atoms with Crippen molar-refractivity contribution in [1.29, 1.82) is 0 Å². The van der Waals surface area contributed by atoms with Crippen molar-refractivity contribution in [1.82, 2.24) is 14.5 Å². The van der Waals surface area contributed by atoms with Gasteiger partial charge < -0.3 is 14.2 Å². The van der Waals surface area contributed by atoms with E-state index < -0.39 is 15.7 Å². The van der Waals surface area contributed by atoms with E-state index in [2.05, 4.69) is 4.98 Å². The molecule has 1 aromatic carbocycles. The van der Waals surface area contributed by atoms with Gasteiger partial charge in [-0.15, -0.1) is 0 Å². The molecule has 31 heavy (non-hydrogen) atoms. The van der Waals surface area contributed by atoms with Crippen LogP contribution in [0.15, 0.2) is 35.6 Å². The maximum atomic E-state index is 13.2. The van der Waals surface area contributed by atoms with Crippen LogP contribution in [0.3, 0.4) is 0 Å². The third-order valence-corrected chi connectivity index (χ3v) is 7.43. The smallest absolute Gasteiger partial charge is 0.228 e. The molecule has 1 amide bonds. The van der Waals surface area contributed by atoms with Crippen molar-refractivity contribution in [3.05, 3.63) is 47.5 Å². The number of hydrogen-bond acceptors (Lipinski definition) is 5. The van der Waals surface area contributed by atoms with E-state index >= 15 is 0 Å². The standard InChI is InChI=1S/C22H28FN3O4S/c1-2-25(21(27)17-7-8-17)13-19-12-24-22(26(19)14-20-4-3-11-30-20)31(28,29)15-16-5-9-18(23)10-6-16/h5-6,9-10,12,17,20H,2-4,7-8,11,13-15H2,1H3. The van der Waals surface area contributed by atoms with Crippen molar-refractivity contribution in [3.8, 4) is 0 Å². The van der Waals surface area contributed by atoms with Crippen molar-refractivity contribution < 1.29 is 22.3 Å². The maximum Gasteiger partial charge on any atom is 0.228 e. The molecule has 1 saturated carbocycles. The Bertz CT molecular complexity index is 1030. The molecule has 4 rings (SSSR count). The molecule has 2 aromatic rings. The van der Waals surface area contributed by atoms with E-state index in [1.165, 1.54) is 24.3 Å². The maximum absolute atomic E-state index is 13.2. The lowest BCUT2D eigenvalue weighted by atomic mass is 10.2. The second-order valence-electron chi connectivity index (χ2n) is 8.29. The van der Waals surface area contributed by atoms with Gasteiger partial charge in [0, 0.05) is 19.1 Å². The summed E-state index contributed by atoms with van der Waals surface area (Å²) in [4.78, 5) is 18.6. The zero-order valence-corrected chi connectivity index (χ0v) is 18.5. The minimum Gasteiger partial charge on any atom is -0.376 e. The van der Waals surface area contributed by atoms with Gasteiger partial charge in [0.25, 0.3) is 0 Å². The average Bonchev–Trinajstić information content (AvgIpc) is 3.32. The number of amides is 1. The fraction of sp³-hybridized carbons (Fsp3) is 0.545. The van der Waals surface area contributed by atoms with E-state index in [0.29, 0.717) is 37.5 Å². The highest BCUT2D eigenvalue weighted by molar-refractivity contribution is 7.90. The van der Waals surface area contributed by atoms with E-state index in [0.717, 1.165) is 25.7 Å². The van der Waals surface area contributed by atoms with E-state index in [-0.39, 0.29) is 28.8 Å². The van der Waals surface area contributed by atoms with Crippen LogP contribution in [0.25, 0.3) is 0 Å². The predicted molar refractivity (Wildman–Crippen MR) is 112 cm³/mol. The molecule has 1 aromatic heterocycles. The Morgan fingerprint density at radius 1 is 1.26 bits per heavy atom. The summed E-state index contributed by atoms with van der Waals surface area (Å²) in [6, 6.07) is 5.43. The highest BCUT2D eigenvalue weighted by Gasteiger charge is 2.34. The number of carbonyl (C=O) groups excluding carboxylic acids is 1. The molecule has 7 nitrogen and oxygen atoms in total. The highest BCUT2D eigenvalue weighted by Crippen LogP contribution is 2.31. The molecular formula is C22H28FN3O4S. The van der Waals surface area contributed by atoms with Gasteiger partial charge in [0.05, 0.1) is 36.8 Å². The van der Waals surface area contributed by atoms with Crippen LogP contribution in [0.5, 0.6) is 0 Å². The van der Waals surface area contributed by atoms with Crippen LogP contribution >= 0.6 is 0 Å². The van der Waals surface area contributed by atoms with Crippen LogP contribution in [0.4, 0.5) is 4.39 Å². The van der Waals surface area contributed by atoms with Gasteiger partial charge in [-0.25, -0.2) is 17.8 Å². The minimum atomic E-state index is -3.77. The lowest BCUT2D eigenvalue weighted by Crippen LogP contribution is -2.33. The van der Waals surface area contributed by atoms with Gasteiger partial charge in [-0.05, 0) is 50.3 Å². The third-order valence-electron chi connectivity index (χ3n) is 5.83. The summed E-state index contributed by atoms with van der Waals surface area (Å²) >= 11 is 0. The number of aromatic nitrogens is 2. The average molecular weight is 450 g/mol. The molecule has 0 spiro atoms. The van der Waals surface area contributed by atoms with Crippen LogP contribution < -0.4 is 0 Å². The lowest BCUT2D eigenvalue weighted by molar-refractivity contribution is -0.133. The number of hydrogen-bond donors (Lipinski definition) is 0. The summed E-state index contributed by atoms with van der Waals surface area (Å²) in [6.45, 7) is 3.83. The van der Waals surface area contributed by atoms with Gasteiger partial charge in [0.2, 0.25) is 20.9 Å². The summed E-state index contributed by atoms with van der Waals surface area (Å²) in [5.74, 6) is -0.476. The largest absolute Gasteiger partial charge is 0.376 e. The number of rotatable bonds is 9. The minimum absolute atomic E-state index is 0.0303. The van der Waals surface area contributed by atoms with Crippen molar-refractivity contribution in [2.24, 2.45) is 5.92 Å². The Labute approximate surface area is 182 Å². The van der Waals surface area contributed by atoms with Crippen molar-refractivity contribution >= 4 is 15.7 Å². The van der Waals surface area contributed by atoms with Crippen LogP contribution in [0, 0.1) is 11.7 Å². The number of benzene rings is 1.